The van der Waals surface area contributed by atoms with E-state index in [1.165, 1.54) is 14.2 Å². The molecule has 1 aromatic carbocycles. The average molecular weight is 277 g/mol. The molecule has 20 heavy (non-hydrogen) atoms. The summed E-state index contributed by atoms with van der Waals surface area (Å²) in [5.41, 5.74) is -0.318. The summed E-state index contributed by atoms with van der Waals surface area (Å²) in [6, 6.07) is 9.36. The first-order chi connectivity index (χ1) is 9.57. The van der Waals surface area contributed by atoms with Gasteiger partial charge in [-0.1, -0.05) is 36.4 Å². The molecule has 1 rings (SSSR count). The predicted molar refractivity (Wildman–Crippen MR) is 75.2 cm³/mol. The lowest BCUT2D eigenvalue weighted by atomic mass is 9.87. The highest BCUT2D eigenvalue weighted by molar-refractivity contribution is 5.86. The first-order valence-corrected chi connectivity index (χ1v) is 6.17. The van der Waals surface area contributed by atoms with E-state index in [0.29, 0.717) is 6.42 Å². The van der Waals surface area contributed by atoms with Gasteiger partial charge in [0, 0.05) is 6.42 Å². The van der Waals surface area contributed by atoms with Crippen LogP contribution in [0.15, 0.2) is 43.0 Å². The molecule has 108 valence electrons. The van der Waals surface area contributed by atoms with Gasteiger partial charge in [-0.2, -0.15) is 0 Å². The monoisotopic (exact) mass is 277 g/mol. The van der Waals surface area contributed by atoms with Gasteiger partial charge in [-0.15, -0.1) is 6.58 Å². The van der Waals surface area contributed by atoms with E-state index >= 15 is 0 Å². The van der Waals surface area contributed by atoms with Crippen LogP contribution in [0, 0.1) is 0 Å². The number of esters is 1. The number of amides is 1. The van der Waals surface area contributed by atoms with Crippen molar-refractivity contribution in [2.45, 2.75) is 18.4 Å². The van der Waals surface area contributed by atoms with Gasteiger partial charge in [0.2, 0.25) is 0 Å². The molecule has 0 bridgehead atoms. The lowest BCUT2D eigenvalue weighted by Crippen LogP contribution is -2.56. The molecule has 0 aliphatic rings. The number of carbonyl (C=O) groups is 2. The van der Waals surface area contributed by atoms with Gasteiger partial charge in [0.15, 0.2) is 0 Å². The van der Waals surface area contributed by atoms with Gasteiger partial charge in [0.25, 0.3) is 0 Å². The van der Waals surface area contributed by atoms with Gasteiger partial charge < -0.3 is 14.8 Å². The zero-order valence-electron chi connectivity index (χ0n) is 11.7. The molecule has 1 unspecified atom stereocenters. The van der Waals surface area contributed by atoms with Gasteiger partial charge >= 0.3 is 12.1 Å². The van der Waals surface area contributed by atoms with Crippen LogP contribution in [0.3, 0.4) is 0 Å². The van der Waals surface area contributed by atoms with Crippen LogP contribution < -0.4 is 5.32 Å². The number of alkyl carbamates (subject to hydrolysis) is 1. The Morgan fingerprint density at radius 3 is 2.40 bits per heavy atom. The molecule has 0 aromatic heterocycles. The molecular formula is C15H19NO4. The van der Waals surface area contributed by atoms with E-state index in [2.05, 4.69) is 16.6 Å². The second kappa shape index (κ2) is 7.33. The van der Waals surface area contributed by atoms with E-state index in [9.17, 15) is 9.59 Å². The highest BCUT2D eigenvalue weighted by atomic mass is 16.5. The summed E-state index contributed by atoms with van der Waals surface area (Å²) in [4.78, 5) is 23.7. The fourth-order valence-corrected chi connectivity index (χ4v) is 2.01. The van der Waals surface area contributed by atoms with Gasteiger partial charge in [0.05, 0.1) is 14.2 Å². The third-order valence-corrected chi connectivity index (χ3v) is 2.94. The summed E-state index contributed by atoms with van der Waals surface area (Å²) in [5, 5.41) is 2.57. The number of nitrogens with one attached hydrogen (secondary N) is 1. The summed E-state index contributed by atoms with van der Waals surface area (Å²) in [5.74, 6) is -0.536. The molecular weight excluding hydrogens is 258 g/mol. The third-order valence-electron chi connectivity index (χ3n) is 2.94. The molecule has 0 radical (unpaired) electrons. The highest BCUT2D eigenvalue weighted by Crippen LogP contribution is 2.20. The molecule has 1 atom stereocenters. The number of carbonyl (C=O) groups excluding carboxylic acids is 2. The molecule has 1 N–H and O–H groups in total. The highest BCUT2D eigenvalue weighted by Gasteiger charge is 2.40. The lowest BCUT2D eigenvalue weighted by Gasteiger charge is -2.30. The van der Waals surface area contributed by atoms with Crippen molar-refractivity contribution in [2.24, 2.45) is 0 Å². The van der Waals surface area contributed by atoms with Crippen molar-refractivity contribution >= 4 is 12.1 Å². The second-order valence-corrected chi connectivity index (χ2v) is 4.35. The van der Waals surface area contributed by atoms with Crippen LogP contribution in [-0.2, 0) is 20.7 Å². The Labute approximate surface area is 118 Å². The van der Waals surface area contributed by atoms with Gasteiger partial charge in [-0.25, -0.2) is 9.59 Å². The molecule has 0 aliphatic carbocycles. The van der Waals surface area contributed by atoms with Crippen LogP contribution in [0.2, 0.25) is 0 Å². The quantitative estimate of drug-likeness (QED) is 0.638. The van der Waals surface area contributed by atoms with Crippen molar-refractivity contribution in [1.29, 1.82) is 0 Å². The minimum absolute atomic E-state index is 0.240. The van der Waals surface area contributed by atoms with Crippen LogP contribution in [0.5, 0.6) is 0 Å². The van der Waals surface area contributed by atoms with E-state index in [0.717, 1.165) is 5.56 Å². The smallest absolute Gasteiger partial charge is 0.407 e. The number of rotatable bonds is 6. The number of hydrogen-bond acceptors (Lipinski definition) is 4. The van der Waals surface area contributed by atoms with Crippen LogP contribution in [-0.4, -0.2) is 31.8 Å². The Balaban J connectivity index is 3.11. The fraction of sp³-hybridized carbons (Fsp3) is 0.333. The molecule has 0 heterocycles. The Morgan fingerprint density at radius 1 is 1.25 bits per heavy atom. The fourth-order valence-electron chi connectivity index (χ4n) is 2.01. The number of benzene rings is 1. The maximum atomic E-state index is 12.1. The minimum Gasteiger partial charge on any atom is -0.467 e. The summed E-state index contributed by atoms with van der Waals surface area (Å²) in [6.45, 7) is 3.64. The van der Waals surface area contributed by atoms with Crippen molar-refractivity contribution in [3.05, 3.63) is 48.6 Å². The molecule has 0 fully saturated rings. The zero-order valence-corrected chi connectivity index (χ0v) is 11.7. The summed E-state index contributed by atoms with van der Waals surface area (Å²) >= 11 is 0. The minimum atomic E-state index is -1.22. The molecule has 5 heteroatoms. The predicted octanol–water partition coefficient (Wildman–Crippen LogP) is 2.07. The summed E-state index contributed by atoms with van der Waals surface area (Å²) < 4.78 is 9.42. The number of methoxy groups -OCH3 is 2. The van der Waals surface area contributed by atoms with Gasteiger partial charge in [-0.05, 0) is 12.0 Å². The van der Waals surface area contributed by atoms with Crippen molar-refractivity contribution in [2.75, 3.05) is 14.2 Å². The lowest BCUT2D eigenvalue weighted by molar-refractivity contribution is -0.148. The van der Waals surface area contributed by atoms with Crippen LogP contribution in [0.25, 0.3) is 0 Å². The van der Waals surface area contributed by atoms with E-state index in [1.807, 2.05) is 30.3 Å². The maximum Gasteiger partial charge on any atom is 0.407 e. The SMILES string of the molecule is C=CCC(Cc1ccccc1)(NC(=O)OC)C(=O)OC. The van der Waals surface area contributed by atoms with Crippen LogP contribution in [0.4, 0.5) is 4.79 Å². The first-order valence-electron chi connectivity index (χ1n) is 6.17. The third kappa shape index (κ3) is 3.85. The van der Waals surface area contributed by atoms with Crippen molar-refractivity contribution in [1.82, 2.24) is 5.32 Å². The van der Waals surface area contributed by atoms with Crippen molar-refractivity contribution < 1.29 is 19.1 Å². The van der Waals surface area contributed by atoms with E-state index < -0.39 is 17.6 Å². The van der Waals surface area contributed by atoms with Gasteiger partial charge in [0.1, 0.15) is 5.54 Å². The Kier molecular flexibility index (Phi) is 5.77. The van der Waals surface area contributed by atoms with E-state index in [4.69, 9.17) is 4.74 Å². The van der Waals surface area contributed by atoms with Crippen molar-refractivity contribution in [3.63, 3.8) is 0 Å². The Bertz CT molecular complexity index is 472. The molecule has 5 nitrogen and oxygen atoms in total. The van der Waals surface area contributed by atoms with Crippen LogP contribution in [0.1, 0.15) is 12.0 Å². The second-order valence-electron chi connectivity index (χ2n) is 4.35. The average Bonchev–Trinajstić information content (AvgIpc) is 2.47. The maximum absolute atomic E-state index is 12.1. The largest absolute Gasteiger partial charge is 0.467 e. The number of ether oxygens (including phenoxy) is 2. The van der Waals surface area contributed by atoms with Crippen LogP contribution >= 0.6 is 0 Å². The zero-order chi connectivity index (χ0) is 15.0. The molecule has 0 saturated carbocycles. The molecule has 0 spiro atoms. The molecule has 1 aromatic rings. The standard InChI is InChI=1S/C15H19NO4/c1-4-10-15(13(17)19-2,16-14(18)20-3)11-12-8-6-5-7-9-12/h4-9H,1,10-11H2,2-3H3,(H,16,18). The van der Waals surface area contributed by atoms with Gasteiger partial charge in [-0.3, -0.25) is 0 Å². The topological polar surface area (TPSA) is 64.6 Å². The number of hydrogen-bond donors (Lipinski definition) is 1. The van der Waals surface area contributed by atoms with Crippen molar-refractivity contribution in [3.8, 4) is 0 Å². The summed E-state index contributed by atoms with van der Waals surface area (Å²) in [6.07, 6.45) is 1.41. The molecule has 0 saturated heterocycles. The summed E-state index contributed by atoms with van der Waals surface area (Å²) in [7, 11) is 2.53. The first kappa shape index (κ1) is 15.8. The Morgan fingerprint density at radius 2 is 1.90 bits per heavy atom. The van der Waals surface area contributed by atoms with E-state index in [-0.39, 0.29) is 6.42 Å². The molecule has 0 aliphatic heterocycles. The Hall–Kier alpha value is -2.30. The van der Waals surface area contributed by atoms with E-state index in [1.54, 1.807) is 6.08 Å². The normalized spacial score (nSPS) is 12.9. The molecule has 1 amide bonds.